The van der Waals surface area contributed by atoms with Gasteiger partial charge >= 0.3 is 11.9 Å². The average Bonchev–Trinajstić information content (AvgIpc) is 3.10. The molecule has 2 fully saturated rings. The van der Waals surface area contributed by atoms with Crippen LogP contribution in [0.4, 0.5) is 0 Å². The number of carbonyl (C=O) groups is 2. The highest BCUT2D eigenvalue weighted by atomic mass is 16.8. The fraction of sp³-hybridized carbons (Fsp3) is 0.565. The number of carbonyl (C=O) groups excluding carboxylic acids is 1. The Balaban J connectivity index is 1.58. The molecular weight excluding hydrogens is 468 g/mol. The first kappa shape index (κ1) is 25.5. The van der Waals surface area contributed by atoms with Crippen LogP contribution in [-0.2, 0) is 23.7 Å². The maximum absolute atomic E-state index is 12.6. The monoisotopic (exact) mass is 496 g/mol. The van der Waals surface area contributed by atoms with Crippen molar-refractivity contribution in [2.24, 2.45) is 17.8 Å². The third-order valence-electron chi connectivity index (χ3n) is 6.86. The Morgan fingerprint density at radius 1 is 0.971 bits per heavy atom. The Bertz CT molecular complexity index is 949. The number of carboxylic acids is 1. The molecule has 4 rings (SSSR count). The van der Waals surface area contributed by atoms with Gasteiger partial charge in [0.05, 0.1) is 30.1 Å². The molecule has 35 heavy (non-hydrogen) atoms. The Morgan fingerprint density at radius 2 is 1.66 bits per heavy atom. The highest BCUT2D eigenvalue weighted by Crippen LogP contribution is 2.48. The maximum atomic E-state index is 12.6. The fourth-order valence-corrected chi connectivity index (χ4v) is 4.98. The van der Waals surface area contributed by atoms with Gasteiger partial charge in [-0.25, -0.2) is 9.59 Å². The van der Waals surface area contributed by atoms with Gasteiger partial charge in [-0.2, -0.15) is 0 Å². The lowest BCUT2D eigenvalue weighted by Gasteiger charge is -2.43. The molecule has 12 heteroatoms. The van der Waals surface area contributed by atoms with Crippen LogP contribution in [-0.4, -0.2) is 98.4 Å². The summed E-state index contributed by atoms with van der Waals surface area (Å²) in [6.07, 6.45) is -10.7. The number of aliphatic carboxylic acids is 1. The minimum atomic E-state index is -1.71. The molecule has 0 radical (unpaired) electrons. The van der Waals surface area contributed by atoms with Crippen LogP contribution < -0.4 is 0 Å². The van der Waals surface area contributed by atoms with Crippen LogP contribution in [0.1, 0.15) is 17.3 Å². The molecule has 0 bridgehead atoms. The molecule has 1 saturated heterocycles. The van der Waals surface area contributed by atoms with Crippen molar-refractivity contribution in [1.82, 2.24) is 0 Å². The van der Waals surface area contributed by atoms with Gasteiger partial charge in [0, 0.05) is 17.8 Å². The lowest BCUT2D eigenvalue weighted by Crippen LogP contribution is -2.60. The predicted molar refractivity (Wildman–Crippen MR) is 113 cm³/mol. The molecular formula is C23H28O12. The first-order chi connectivity index (χ1) is 16.6. The van der Waals surface area contributed by atoms with Crippen LogP contribution >= 0.6 is 0 Å². The Kier molecular flexibility index (Phi) is 7.43. The smallest absolute Gasteiger partial charge is 0.338 e. The number of aliphatic hydroxyl groups excluding tert-OH is 5. The second kappa shape index (κ2) is 10.2. The maximum Gasteiger partial charge on any atom is 0.338 e. The van der Waals surface area contributed by atoms with Crippen molar-refractivity contribution in [3.63, 3.8) is 0 Å². The van der Waals surface area contributed by atoms with E-state index in [1.807, 2.05) is 0 Å². The summed E-state index contributed by atoms with van der Waals surface area (Å²) in [7, 11) is 0. The summed E-state index contributed by atoms with van der Waals surface area (Å²) in [5, 5.41) is 60.4. The van der Waals surface area contributed by atoms with E-state index in [-0.39, 0.29) is 11.1 Å². The van der Waals surface area contributed by atoms with E-state index in [9.17, 15) is 40.2 Å². The van der Waals surface area contributed by atoms with Crippen LogP contribution in [0.3, 0.4) is 0 Å². The van der Waals surface area contributed by atoms with Gasteiger partial charge in [-0.15, -0.1) is 0 Å². The first-order valence-electron chi connectivity index (χ1n) is 11.1. The number of hydrogen-bond donors (Lipinski definition) is 6. The molecule has 0 unspecified atom stereocenters. The molecule has 6 N–H and O–H groups in total. The second-order valence-corrected chi connectivity index (χ2v) is 8.90. The van der Waals surface area contributed by atoms with Gasteiger partial charge in [0.2, 0.25) is 6.29 Å². The number of rotatable bonds is 6. The van der Waals surface area contributed by atoms with E-state index in [2.05, 4.69) is 0 Å². The SMILES string of the molecule is C[C@@H]1[C@@H](OC(=O)c2ccccc2)[C@@H](O)[C@H]2C(C(=O)O)=CO[C@H](O[C@@H]3O[C@@H](CO)[C@@H](O)[C@@H](O)[C@H]3O)[C@@H]12. The molecule has 12 nitrogen and oxygen atoms in total. The highest BCUT2D eigenvalue weighted by molar-refractivity contribution is 5.89. The summed E-state index contributed by atoms with van der Waals surface area (Å²) in [5.41, 5.74) is 0.00223. The van der Waals surface area contributed by atoms with Crippen LogP contribution in [0.5, 0.6) is 0 Å². The van der Waals surface area contributed by atoms with Crippen LogP contribution in [0.15, 0.2) is 42.2 Å². The van der Waals surface area contributed by atoms with E-state index in [4.69, 9.17) is 18.9 Å². The van der Waals surface area contributed by atoms with Crippen LogP contribution in [0, 0.1) is 17.8 Å². The minimum Gasteiger partial charge on any atom is -0.478 e. The zero-order chi connectivity index (χ0) is 25.4. The molecule has 1 saturated carbocycles. The number of fused-ring (bicyclic) bond motifs is 1. The van der Waals surface area contributed by atoms with Crippen LogP contribution in [0.25, 0.3) is 0 Å². The largest absolute Gasteiger partial charge is 0.478 e. The fourth-order valence-electron chi connectivity index (χ4n) is 4.98. The molecule has 192 valence electrons. The lowest BCUT2D eigenvalue weighted by atomic mass is 9.82. The molecule has 1 aliphatic carbocycles. The summed E-state index contributed by atoms with van der Waals surface area (Å²) in [6, 6.07) is 8.10. The van der Waals surface area contributed by atoms with E-state index >= 15 is 0 Å². The zero-order valence-electron chi connectivity index (χ0n) is 18.7. The van der Waals surface area contributed by atoms with Gasteiger partial charge in [-0.3, -0.25) is 0 Å². The van der Waals surface area contributed by atoms with E-state index < -0.39 is 85.5 Å². The summed E-state index contributed by atoms with van der Waals surface area (Å²) >= 11 is 0. The van der Waals surface area contributed by atoms with Gasteiger partial charge in [-0.1, -0.05) is 25.1 Å². The molecule has 0 spiro atoms. The van der Waals surface area contributed by atoms with Gasteiger partial charge in [0.25, 0.3) is 0 Å². The normalized spacial score (nSPS) is 40.9. The Hall–Kier alpha value is -2.58. The predicted octanol–water partition coefficient (Wildman–Crippen LogP) is -1.40. The third kappa shape index (κ3) is 4.66. The third-order valence-corrected chi connectivity index (χ3v) is 6.86. The quantitative estimate of drug-likeness (QED) is 0.253. The van der Waals surface area contributed by atoms with E-state index in [0.29, 0.717) is 0 Å². The average molecular weight is 496 g/mol. The molecule has 11 atom stereocenters. The number of ether oxygens (including phenoxy) is 4. The van der Waals surface area contributed by atoms with Crippen molar-refractivity contribution in [2.45, 2.75) is 56.1 Å². The highest BCUT2D eigenvalue weighted by Gasteiger charge is 2.59. The number of esters is 1. The molecule has 2 aliphatic heterocycles. The van der Waals surface area contributed by atoms with Crippen molar-refractivity contribution in [3.05, 3.63) is 47.7 Å². The minimum absolute atomic E-state index is 0.249. The molecule has 3 aliphatic rings. The van der Waals surface area contributed by atoms with Crippen molar-refractivity contribution in [1.29, 1.82) is 0 Å². The molecule has 2 heterocycles. The van der Waals surface area contributed by atoms with Crippen molar-refractivity contribution < 1.29 is 59.2 Å². The van der Waals surface area contributed by atoms with Gasteiger partial charge < -0.3 is 49.6 Å². The number of hydrogen-bond acceptors (Lipinski definition) is 11. The summed E-state index contributed by atoms with van der Waals surface area (Å²) in [6.45, 7) is 0.965. The van der Waals surface area contributed by atoms with Crippen molar-refractivity contribution in [2.75, 3.05) is 6.61 Å². The topological polar surface area (TPSA) is 192 Å². The summed E-state index contributed by atoms with van der Waals surface area (Å²) in [5.74, 6) is -4.62. The Labute approximate surface area is 199 Å². The standard InChI is InChI=1S/C23H28O12/c1-9-13-14(16(26)19(9)34-21(31)10-5-3-2-4-6-10)11(20(29)30)8-32-22(13)35-23-18(28)17(27)15(25)12(7-24)33-23/h2-6,8-9,12-19,22-28H,7H2,1H3,(H,29,30)/t9-,12-,13-,14-,15+,16-,17+,18+,19+,22+,23-/m0/s1. The summed E-state index contributed by atoms with van der Waals surface area (Å²) < 4.78 is 22.1. The van der Waals surface area contributed by atoms with E-state index in [1.54, 1.807) is 25.1 Å². The second-order valence-electron chi connectivity index (χ2n) is 8.90. The van der Waals surface area contributed by atoms with Gasteiger partial charge in [0.15, 0.2) is 6.29 Å². The van der Waals surface area contributed by atoms with Crippen molar-refractivity contribution >= 4 is 11.9 Å². The lowest BCUT2D eigenvalue weighted by molar-refractivity contribution is -0.343. The molecule has 1 aromatic carbocycles. The summed E-state index contributed by atoms with van der Waals surface area (Å²) in [4.78, 5) is 24.5. The number of benzene rings is 1. The van der Waals surface area contributed by atoms with Crippen LogP contribution in [0.2, 0.25) is 0 Å². The Morgan fingerprint density at radius 3 is 2.29 bits per heavy atom. The molecule has 1 aromatic rings. The zero-order valence-corrected chi connectivity index (χ0v) is 18.7. The van der Waals surface area contributed by atoms with Crippen molar-refractivity contribution in [3.8, 4) is 0 Å². The first-order valence-corrected chi connectivity index (χ1v) is 11.1. The van der Waals surface area contributed by atoms with Gasteiger partial charge in [-0.05, 0) is 12.1 Å². The van der Waals surface area contributed by atoms with E-state index in [0.717, 1.165) is 6.26 Å². The van der Waals surface area contributed by atoms with Gasteiger partial charge in [0.1, 0.15) is 30.5 Å². The molecule has 0 amide bonds. The van der Waals surface area contributed by atoms with E-state index in [1.165, 1.54) is 12.1 Å². The number of aliphatic hydroxyl groups is 5. The molecule has 0 aromatic heterocycles. The number of carboxylic acid groups (broad SMARTS) is 1.